The number of hydrogen-bond acceptors (Lipinski definition) is 4. The summed E-state index contributed by atoms with van der Waals surface area (Å²) in [7, 11) is 0. The van der Waals surface area contributed by atoms with Gasteiger partial charge in [0.25, 0.3) is 0 Å². The maximum Gasteiger partial charge on any atom is 0.220 e. The molecule has 0 aliphatic carbocycles. The van der Waals surface area contributed by atoms with E-state index >= 15 is 0 Å². The Labute approximate surface area is 81.7 Å². The van der Waals surface area contributed by atoms with Crippen LogP contribution in [0, 0.1) is 0 Å². The zero-order chi connectivity index (χ0) is 9.97. The SMILES string of the molecule is Nc1cnc(C2CCC(=O)NC2)cn1. The largest absolute Gasteiger partial charge is 0.382 e. The monoisotopic (exact) mass is 192 g/mol. The Morgan fingerprint density at radius 3 is 2.86 bits per heavy atom. The summed E-state index contributed by atoms with van der Waals surface area (Å²) in [4.78, 5) is 19.1. The Morgan fingerprint density at radius 1 is 1.43 bits per heavy atom. The highest BCUT2D eigenvalue weighted by atomic mass is 16.1. The number of piperidine rings is 1. The first-order valence-corrected chi connectivity index (χ1v) is 4.60. The zero-order valence-electron chi connectivity index (χ0n) is 7.73. The van der Waals surface area contributed by atoms with Crippen LogP contribution < -0.4 is 11.1 Å². The summed E-state index contributed by atoms with van der Waals surface area (Å²) >= 11 is 0. The van der Waals surface area contributed by atoms with Gasteiger partial charge in [0.05, 0.1) is 18.1 Å². The molecule has 5 nitrogen and oxygen atoms in total. The second kappa shape index (κ2) is 3.61. The van der Waals surface area contributed by atoms with E-state index in [-0.39, 0.29) is 11.8 Å². The maximum atomic E-state index is 10.9. The van der Waals surface area contributed by atoms with Crippen molar-refractivity contribution in [2.45, 2.75) is 18.8 Å². The van der Waals surface area contributed by atoms with E-state index in [0.717, 1.165) is 12.1 Å². The highest BCUT2D eigenvalue weighted by Gasteiger charge is 2.20. The van der Waals surface area contributed by atoms with E-state index in [2.05, 4.69) is 15.3 Å². The van der Waals surface area contributed by atoms with Crippen LogP contribution in [0.2, 0.25) is 0 Å². The van der Waals surface area contributed by atoms with Crippen molar-refractivity contribution >= 4 is 11.7 Å². The third-order valence-corrected chi connectivity index (χ3v) is 2.38. The highest BCUT2D eigenvalue weighted by molar-refractivity contribution is 5.76. The van der Waals surface area contributed by atoms with Crippen LogP contribution in [0.25, 0.3) is 0 Å². The van der Waals surface area contributed by atoms with Gasteiger partial charge < -0.3 is 11.1 Å². The van der Waals surface area contributed by atoms with Gasteiger partial charge in [-0.25, -0.2) is 4.98 Å². The standard InChI is InChI=1S/C9H12N4O/c10-8-5-11-7(4-12-8)6-1-2-9(14)13-3-6/h4-6H,1-3H2,(H2,10,12)(H,13,14). The molecule has 1 aliphatic rings. The van der Waals surface area contributed by atoms with Crippen LogP contribution in [0.5, 0.6) is 0 Å². The lowest BCUT2D eigenvalue weighted by atomic mass is 9.96. The molecule has 1 aliphatic heterocycles. The lowest BCUT2D eigenvalue weighted by Crippen LogP contribution is -2.34. The van der Waals surface area contributed by atoms with Crippen molar-refractivity contribution < 1.29 is 4.79 Å². The Balaban J connectivity index is 2.08. The van der Waals surface area contributed by atoms with Crippen molar-refractivity contribution in [1.29, 1.82) is 0 Å². The molecule has 1 aromatic heterocycles. The number of aromatic nitrogens is 2. The van der Waals surface area contributed by atoms with Crippen molar-refractivity contribution in [3.05, 3.63) is 18.1 Å². The van der Waals surface area contributed by atoms with Crippen molar-refractivity contribution in [2.75, 3.05) is 12.3 Å². The molecule has 5 heteroatoms. The molecular weight excluding hydrogens is 180 g/mol. The predicted octanol–water partition coefficient (Wildman–Crippen LogP) is 0.0524. The molecule has 14 heavy (non-hydrogen) atoms. The fourth-order valence-corrected chi connectivity index (χ4v) is 1.54. The first-order chi connectivity index (χ1) is 6.75. The van der Waals surface area contributed by atoms with E-state index in [0.29, 0.717) is 18.8 Å². The first kappa shape index (κ1) is 8.93. The summed E-state index contributed by atoms with van der Waals surface area (Å²) in [5.41, 5.74) is 6.34. The number of nitrogens with zero attached hydrogens (tertiary/aromatic N) is 2. The van der Waals surface area contributed by atoms with E-state index in [4.69, 9.17) is 5.73 Å². The molecule has 74 valence electrons. The minimum atomic E-state index is 0.115. The maximum absolute atomic E-state index is 10.9. The van der Waals surface area contributed by atoms with Gasteiger partial charge in [-0.15, -0.1) is 0 Å². The molecule has 0 spiro atoms. The highest BCUT2D eigenvalue weighted by Crippen LogP contribution is 2.20. The number of nitrogens with one attached hydrogen (secondary N) is 1. The molecule has 2 rings (SSSR count). The number of nitrogens with two attached hydrogens (primary N) is 1. The number of anilines is 1. The lowest BCUT2D eigenvalue weighted by molar-refractivity contribution is -0.122. The number of rotatable bonds is 1. The molecule has 0 aromatic carbocycles. The van der Waals surface area contributed by atoms with Crippen LogP contribution in [0.3, 0.4) is 0 Å². The molecule has 3 N–H and O–H groups in total. The quantitative estimate of drug-likeness (QED) is 0.659. The minimum absolute atomic E-state index is 0.115. The van der Waals surface area contributed by atoms with E-state index in [9.17, 15) is 4.79 Å². The fraction of sp³-hybridized carbons (Fsp3) is 0.444. The van der Waals surface area contributed by atoms with Gasteiger partial charge in [0.1, 0.15) is 5.82 Å². The third-order valence-electron chi connectivity index (χ3n) is 2.38. The Bertz CT molecular complexity index is 325. The summed E-state index contributed by atoms with van der Waals surface area (Å²) in [5, 5.41) is 2.81. The smallest absolute Gasteiger partial charge is 0.220 e. The summed E-state index contributed by atoms with van der Waals surface area (Å²) in [5.74, 6) is 0.819. The lowest BCUT2D eigenvalue weighted by Gasteiger charge is -2.21. The Morgan fingerprint density at radius 2 is 2.29 bits per heavy atom. The average Bonchev–Trinajstić information content (AvgIpc) is 2.21. The molecular formula is C9H12N4O. The molecule has 1 aromatic rings. The molecule has 1 unspecified atom stereocenters. The van der Waals surface area contributed by atoms with Gasteiger partial charge in [-0.3, -0.25) is 9.78 Å². The molecule has 1 atom stereocenters. The van der Waals surface area contributed by atoms with Gasteiger partial charge >= 0.3 is 0 Å². The van der Waals surface area contributed by atoms with Crippen molar-refractivity contribution in [3.8, 4) is 0 Å². The third kappa shape index (κ3) is 1.81. The van der Waals surface area contributed by atoms with Gasteiger partial charge in [-0.1, -0.05) is 0 Å². The van der Waals surface area contributed by atoms with E-state index in [1.54, 1.807) is 12.4 Å². The van der Waals surface area contributed by atoms with Gasteiger partial charge in [0, 0.05) is 18.9 Å². The molecule has 0 bridgehead atoms. The molecule has 1 fully saturated rings. The van der Waals surface area contributed by atoms with Crippen LogP contribution in [0.1, 0.15) is 24.5 Å². The van der Waals surface area contributed by atoms with Crippen molar-refractivity contribution in [3.63, 3.8) is 0 Å². The number of carbonyl (C=O) groups is 1. The van der Waals surface area contributed by atoms with Crippen LogP contribution >= 0.6 is 0 Å². The number of carbonyl (C=O) groups excluding carboxylic acids is 1. The minimum Gasteiger partial charge on any atom is -0.382 e. The molecule has 1 amide bonds. The predicted molar refractivity (Wildman–Crippen MR) is 51.4 cm³/mol. The molecule has 2 heterocycles. The van der Waals surface area contributed by atoms with Crippen molar-refractivity contribution in [1.82, 2.24) is 15.3 Å². The molecule has 0 saturated carbocycles. The topological polar surface area (TPSA) is 80.9 Å². The Hall–Kier alpha value is -1.65. The summed E-state index contributed by atoms with van der Waals surface area (Å²) in [6.07, 6.45) is 4.63. The van der Waals surface area contributed by atoms with Crippen molar-refractivity contribution in [2.24, 2.45) is 0 Å². The van der Waals surface area contributed by atoms with Gasteiger partial charge in [0.2, 0.25) is 5.91 Å². The van der Waals surface area contributed by atoms with Crippen LogP contribution in [0.4, 0.5) is 5.82 Å². The fourth-order valence-electron chi connectivity index (χ4n) is 1.54. The number of nitrogen functional groups attached to an aromatic ring is 1. The second-order valence-corrected chi connectivity index (χ2v) is 3.41. The van der Waals surface area contributed by atoms with Crippen LogP contribution in [-0.4, -0.2) is 22.4 Å². The summed E-state index contributed by atoms with van der Waals surface area (Å²) in [6.45, 7) is 0.650. The van der Waals surface area contributed by atoms with Gasteiger partial charge in [-0.2, -0.15) is 0 Å². The summed E-state index contributed by atoms with van der Waals surface area (Å²) in [6, 6.07) is 0. The van der Waals surface area contributed by atoms with E-state index in [1.807, 2.05) is 0 Å². The normalized spacial score (nSPS) is 21.7. The zero-order valence-corrected chi connectivity index (χ0v) is 7.73. The Kier molecular flexibility index (Phi) is 2.30. The first-order valence-electron chi connectivity index (χ1n) is 4.60. The van der Waals surface area contributed by atoms with E-state index < -0.39 is 0 Å². The number of amides is 1. The van der Waals surface area contributed by atoms with Gasteiger partial charge in [0.15, 0.2) is 0 Å². The van der Waals surface area contributed by atoms with Crippen LogP contribution in [-0.2, 0) is 4.79 Å². The summed E-state index contributed by atoms with van der Waals surface area (Å²) < 4.78 is 0. The molecule has 0 radical (unpaired) electrons. The molecule has 1 saturated heterocycles. The average molecular weight is 192 g/mol. The number of hydrogen-bond donors (Lipinski definition) is 2. The van der Waals surface area contributed by atoms with E-state index in [1.165, 1.54) is 0 Å². The van der Waals surface area contributed by atoms with Crippen LogP contribution in [0.15, 0.2) is 12.4 Å². The van der Waals surface area contributed by atoms with Gasteiger partial charge in [-0.05, 0) is 6.42 Å². The second-order valence-electron chi connectivity index (χ2n) is 3.41.